The number of nitriles is 1. The number of benzene rings is 1. The van der Waals surface area contributed by atoms with Gasteiger partial charge >= 0.3 is 0 Å². The fourth-order valence-electron chi connectivity index (χ4n) is 4.15. The van der Waals surface area contributed by atoms with Gasteiger partial charge in [0.1, 0.15) is 17.7 Å². The number of aromatic nitrogens is 3. The minimum atomic E-state index is 0.226. The molecule has 5 rings (SSSR count). The molecule has 0 spiro atoms. The van der Waals surface area contributed by atoms with Gasteiger partial charge < -0.3 is 15.0 Å². The van der Waals surface area contributed by atoms with Gasteiger partial charge in [0.05, 0.1) is 29.3 Å². The van der Waals surface area contributed by atoms with Gasteiger partial charge in [0.25, 0.3) is 0 Å². The Balaban J connectivity index is 1.43. The molecular weight excluding hydrogens is 388 g/mol. The van der Waals surface area contributed by atoms with Gasteiger partial charge in [-0.15, -0.1) is 0 Å². The van der Waals surface area contributed by atoms with Crippen LogP contribution in [0.15, 0.2) is 48.7 Å². The second-order valence-electron chi connectivity index (χ2n) is 7.96. The molecule has 7 nitrogen and oxygen atoms in total. The highest BCUT2D eigenvalue weighted by Gasteiger charge is 2.18. The van der Waals surface area contributed by atoms with Crippen LogP contribution in [0.3, 0.4) is 0 Å². The summed E-state index contributed by atoms with van der Waals surface area (Å²) in [6.45, 7) is 7.12. The smallest absolute Gasteiger partial charge is 0.157 e. The molecule has 1 N–H and O–H groups in total. The summed E-state index contributed by atoms with van der Waals surface area (Å²) < 4.78 is 7.64. The average Bonchev–Trinajstić information content (AvgIpc) is 3.17. The standard InChI is InChI=1S/C24H24N6O/c1-16-11-23(30-21-6-4-3-5-20(21)28-24(30)19(16)12-25)27-14-18-7-8-22(26-13-18)29-9-10-31-17(2)15-29/h3-8,11,13,17,27H,9-10,14-15H2,1-2H3. The van der Waals surface area contributed by atoms with Crippen LogP contribution in [0, 0.1) is 18.3 Å². The van der Waals surface area contributed by atoms with E-state index in [1.807, 2.05) is 47.9 Å². The lowest BCUT2D eigenvalue weighted by Crippen LogP contribution is -2.41. The van der Waals surface area contributed by atoms with Crippen LogP contribution in [0.25, 0.3) is 16.7 Å². The van der Waals surface area contributed by atoms with Crippen LogP contribution < -0.4 is 10.2 Å². The number of fused-ring (bicyclic) bond motifs is 3. The molecule has 1 saturated heterocycles. The van der Waals surface area contributed by atoms with Crippen molar-refractivity contribution in [1.82, 2.24) is 14.4 Å². The lowest BCUT2D eigenvalue weighted by molar-refractivity contribution is 0.0529. The van der Waals surface area contributed by atoms with Crippen LogP contribution in [0.5, 0.6) is 0 Å². The van der Waals surface area contributed by atoms with Crippen molar-refractivity contribution in [3.63, 3.8) is 0 Å². The topological polar surface area (TPSA) is 78.5 Å². The monoisotopic (exact) mass is 412 g/mol. The van der Waals surface area contributed by atoms with Crippen LogP contribution in [0.1, 0.15) is 23.6 Å². The van der Waals surface area contributed by atoms with Gasteiger partial charge in [-0.1, -0.05) is 18.2 Å². The van der Waals surface area contributed by atoms with E-state index in [1.165, 1.54) is 0 Å². The Morgan fingerprint density at radius 1 is 1.26 bits per heavy atom. The average molecular weight is 412 g/mol. The van der Waals surface area contributed by atoms with E-state index in [0.717, 1.165) is 53.5 Å². The number of ether oxygens (including phenoxy) is 1. The van der Waals surface area contributed by atoms with Crippen LogP contribution in [-0.2, 0) is 11.3 Å². The van der Waals surface area contributed by atoms with Gasteiger partial charge in [0.15, 0.2) is 5.65 Å². The zero-order valence-electron chi connectivity index (χ0n) is 17.7. The van der Waals surface area contributed by atoms with Gasteiger partial charge in [-0.25, -0.2) is 9.97 Å². The van der Waals surface area contributed by atoms with E-state index >= 15 is 0 Å². The highest BCUT2D eigenvalue weighted by atomic mass is 16.5. The van der Waals surface area contributed by atoms with E-state index < -0.39 is 0 Å². The van der Waals surface area contributed by atoms with Crippen molar-refractivity contribution in [3.8, 4) is 6.07 Å². The molecule has 0 amide bonds. The number of nitrogens with zero attached hydrogens (tertiary/aromatic N) is 5. The number of anilines is 2. The third-order valence-electron chi connectivity index (χ3n) is 5.73. The molecule has 3 aromatic heterocycles. The molecule has 1 fully saturated rings. The molecule has 4 heterocycles. The molecule has 156 valence electrons. The Bertz CT molecular complexity index is 1290. The van der Waals surface area contributed by atoms with Crippen molar-refractivity contribution in [2.24, 2.45) is 0 Å². The quantitative estimate of drug-likeness (QED) is 0.548. The molecule has 1 atom stereocenters. The van der Waals surface area contributed by atoms with Crippen molar-refractivity contribution in [2.45, 2.75) is 26.5 Å². The summed E-state index contributed by atoms with van der Waals surface area (Å²) in [7, 11) is 0. The molecular formula is C24H24N6O. The summed E-state index contributed by atoms with van der Waals surface area (Å²) in [6.07, 6.45) is 2.14. The Morgan fingerprint density at radius 3 is 2.90 bits per heavy atom. The first-order valence-corrected chi connectivity index (χ1v) is 10.5. The Kier molecular flexibility index (Phi) is 4.92. The zero-order valence-corrected chi connectivity index (χ0v) is 17.7. The second kappa shape index (κ2) is 7.89. The van der Waals surface area contributed by atoms with E-state index in [1.54, 1.807) is 0 Å². The summed E-state index contributed by atoms with van der Waals surface area (Å²) in [5.41, 5.74) is 5.13. The molecule has 1 aromatic carbocycles. The number of para-hydroxylation sites is 2. The van der Waals surface area contributed by atoms with Gasteiger partial charge in [-0.3, -0.25) is 4.40 Å². The maximum atomic E-state index is 9.65. The fraction of sp³-hybridized carbons (Fsp3) is 0.292. The van der Waals surface area contributed by atoms with Gasteiger partial charge in [-0.2, -0.15) is 5.26 Å². The summed E-state index contributed by atoms with van der Waals surface area (Å²) in [4.78, 5) is 11.6. The molecule has 0 aliphatic carbocycles. The predicted molar refractivity (Wildman–Crippen MR) is 121 cm³/mol. The molecule has 1 aliphatic rings. The van der Waals surface area contributed by atoms with Crippen molar-refractivity contribution in [1.29, 1.82) is 5.26 Å². The molecule has 0 radical (unpaired) electrons. The summed E-state index contributed by atoms with van der Waals surface area (Å²) in [6, 6.07) is 16.4. The first-order valence-electron chi connectivity index (χ1n) is 10.5. The summed E-state index contributed by atoms with van der Waals surface area (Å²) >= 11 is 0. The molecule has 0 saturated carbocycles. The molecule has 0 bridgehead atoms. The van der Waals surface area contributed by atoms with Crippen LogP contribution in [0.4, 0.5) is 11.6 Å². The fourth-order valence-corrected chi connectivity index (χ4v) is 4.15. The summed E-state index contributed by atoms with van der Waals surface area (Å²) in [5.74, 6) is 1.89. The predicted octanol–water partition coefficient (Wildman–Crippen LogP) is 3.90. The SMILES string of the molecule is Cc1cc(NCc2ccc(N3CCOC(C)C3)nc2)n2c(nc3ccccc32)c1C#N. The molecule has 4 aromatic rings. The van der Waals surface area contributed by atoms with E-state index in [-0.39, 0.29) is 6.10 Å². The van der Waals surface area contributed by atoms with Gasteiger partial charge in [0, 0.05) is 25.8 Å². The molecule has 1 aliphatic heterocycles. The van der Waals surface area contributed by atoms with Gasteiger partial charge in [0.2, 0.25) is 0 Å². The minimum Gasteiger partial charge on any atom is -0.375 e. The minimum absolute atomic E-state index is 0.226. The van der Waals surface area contributed by atoms with Crippen LogP contribution in [0.2, 0.25) is 0 Å². The number of morpholine rings is 1. The maximum absolute atomic E-state index is 9.65. The number of pyridine rings is 2. The van der Waals surface area contributed by atoms with E-state index in [0.29, 0.717) is 17.8 Å². The number of aryl methyl sites for hydroxylation is 1. The number of rotatable bonds is 4. The Labute approximate surface area is 180 Å². The van der Waals surface area contributed by atoms with Crippen molar-refractivity contribution >= 4 is 28.3 Å². The second-order valence-corrected chi connectivity index (χ2v) is 7.96. The lowest BCUT2D eigenvalue weighted by atomic mass is 10.1. The first kappa shape index (κ1) is 19.3. The Hall–Kier alpha value is -3.63. The van der Waals surface area contributed by atoms with E-state index in [9.17, 15) is 5.26 Å². The maximum Gasteiger partial charge on any atom is 0.157 e. The molecule has 7 heteroatoms. The van der Waals surface area contributed by atoms with Crippen molar-refractivity contribution in [3.05, 3.63) is 65.4 Å². The third-order valence-corrected chi connectivity index (χ3v) is 5.73. The third kappa shape index (κ3) is 3.56. The number of hydrogen-bond acceptors (Lipinski definition) is 6. The van der Waals surface area contributed by atoms with Gasteiger partial charge in [-0.05, 0) is 49.2 Å². The number of imidazole rings is 1. The largest absolute Gasteiger partial charge is 0.375 e. The lowest BCUT2D eigenvalue weighted by Gasteiger charge is -2.32. The number of hydrogen-bond donors (Lipinski definition) is 1. The summed E-state index contributed by atoms with van der Waals surface area (Å²) in [5, 5.41) is 13.2. The van der Waals surface area contributed by atoms with Crippen LogP contribution >= 0.6 is 0 Å². The molecule has 1 unspecified atom stereocenters. The molecule has 31 heavy (non-hydrogen) atoms. The van der Waals surface area contributed by atoms with E-state index in [4.69, 9.17) is 9.72 Å². The number of nitrogens with one attached hydrogen (secondary N) is 1. The van der Waals surface area contributed by atoms with Crippen LogP contribution in [-0.4, -0.2) is 40.2 Å². The highest BCUT2D eigenvalue weighted by molar-refractivity contribution is 5.85. The zero-order chi connectivity index (χ0) is 21.4. The van der Waals surface area contributed by atoms with Crippen molar-refractivity contribution < 1.29 is 4.74 Å². The van der Waals surface area contributed by atoms with E-state index in [2.05, 4.69) is 40.3 Å². The first-order chi connectivity index (χ1) is 15.1. The Morgan fingerprint density at radius 2 is 2.13 bits per heavy atom. The normalized spacial score (nSPS) is 16.5. The highest BCUT2D eigenvalue weighted by Crippen LogP contribution is 2.27. The van der Waals surface area contributed by atoms with Crippen molar-refractivity contribution in [2.75, 3.05) is 29.9 Å².